The molecule has 5 heterocycles. The zero-order valence-electron chi connectivity index (χ0n) is 36.1. The van der Waals surface area contributed by atoms with Crippen molar-refractivity contribution in [3.63, 3.8) is 0 Å². The summed E-state index contributed by atoms with van der Waals surface area (Å²) in [7, 11) is 3.20. The van der Waals surface area contributed by atoms with Gasteiger partial charge in [0.05, 0.1) is 48.6 Å². The molecule has 5 fully saturated rings. The molecule has 1 spiro atoms. The third-order valence-corrected chi connectivity index (χ3v) is 13.4. The lowest BCUT2D eigenvalue weighted by molar-refractivity contribution is -0.310. The molecule has 0 aromatic carbocycles. The number of fused-ring (bicyclic) bond motifs is 1. The van der Waals surface area contributed by atoms with E-state index in [1.54, 1.807) is 53.7 Å². The molecule has 4 N–H and O–H groups in total. The number of esters is 1. The van der Waals surface area contributed by atoms with E-state index in [0.717, 1.165) is 0 Å². The van der Waals surface area contributed by atoms with Crippen molar-refractivity contribution < 1.29 is 71.2 Å². The van der Waals surface area contributed by atoms with Crippen molar-refractivity contribution in [2.75, 3.05) is 33.9 Å². The zero-order valence-corrected chi connectivity index (χ0v) is 36.1. The van der Waals surface area contributed by atoms with Crippen LogP contribution in [0.4, 0.5) is 13.2 Å². The summed E-state index contributed by atoms with van der Waals surface area (Å²) in [6.07, 6.45) is -12.1. The van der Waals surface area contributed by atoms with Crippen molar-refractivity contribution in [1.82, 2.24) is 10.2 Å². The first-order chi connectivity index (χ1) is 26.8. The first kappa shape index (κ1) is 47.2. The number of methoxy groups -OCH3 is 1. The second-order valence-corrected chi connectivity index (χ2v) is 18.2. The highest BCUT2D eigenvalue weighted by atomic mass is 19.4. The molecule has 0 amide bonds. The van der Waals surface area contributed by atoms with E-state index in [-0.39, 0.29) is 31.2 Å². The fourth-order valence-electron chi connectivity index (χ4n) is 9.67. The number of rotatable bonds is 7. The van der Waals surface area contributed by atoms with Gasteiger partial charge < -0.3 is 63.4 Å². The van der Waals surface area contributed by atoms with E-state index in [1.165, 1.54) is 6.92 Å². The molecule has 0 aromatic rings. The first-order valence-electron chi connectivity index (χ1n) is 20.7. The lowest BCUT2D eigenvalue weighted by Crippen LogP contribution is -2.61. The van der Waals surface area contributed by atoms with Crippen LogP contribution in [0.5, 0.6) is 0 Å². The number of carbonyl (C=O) groups is 1. The molecule has 18 atom stereocenters. The summed E-state index contributed by atoms with van der Waals surface area (Å²) in [5, 5.41) is 38.9. The molecule has 0 radical (unpaired) electrons. The van der Waals surface area contributed by atoms with Crippen LogP contribution < -0.4 is 5.32 Å². The van der Waals surface area contributed by atoms with Gasteiger partial charge in [0, 0.05) is 32.5 Å². The number of epoxide rings is 1. The molecule has 0 aliphatic carbocycles. The van der Waals surface area contributed by atoms with Crippen molar-refractivity contribution in [3.8, 4) is 0 Å². The molecule has 5 aliphatic rings. The van der Waals surface area contributed by atoms with Gasteiger partial charge in [-0.1, -0.05) is 20.8 Å². The minimum Gasteiger partial charge on any atom is -0.459 e. The van der Waals surface area contributed by atoms with Crippen molar-refractivity contribution >= 4 is 12.0 Å². The Bertz CT molecular complexity index is 1450. The number of alkyl halides is 3. The lowest BCUT2D eigenvalue weighted by atomic mass is 9.77. The molecule has 5 rings (SSSR count). The summed E-state index contributed by atoms with van der Waals surface area (Å²) in [4.78, 5) is 19.6. The summed E-state index contributed by atoms with van der Waals surface area (Å²) in [6.45, 7) is 16.8. The molecule has 0 aromatic heterocycles. The maximum Gasteiger partial charge on any atom is 0.408 e. The summed E-state index contributed by atoms with van der Waals surface area (Å²) in [5.41, 5.74) is -5.00. The second-order valence-electron chi connectivity index (χ2n) is 18.2. The number of nitrogens with zero attached hydrogens (tertiary/aromatic N) is 2. The van der Waals surface area contributed by atoms with E-state index >= 15 is 0 Å². The minimum absolute atomic E-state index is 0.144. The maximum absolute atomic E-state index is 14.3. The Morgan fingerprint density at radius 3 is 2.26 bits per heavy atom. The second kappa shape index (κ2) is 17.5. The van der Waals surface area contributed by atoms with Crippen LogP contribution >= 0.6 is 0 Å². The van der Waals surface area contributed by atoms with Crippen LogP contribution in [0.25, 0.3) is 0 Å². The Balaban J connectivity index is 1.56. The van der Waals surface area contributed by atoms with Gasteiger partial charge in [-0.15, -0.1) is 0 Å². The Hall–Kier alpha value is -1.87. The number of aliphatic imine (C=N–C) groups is 1. The van der Waals surface area contributed by atoms with Crippen LogP contribution in [-0.4, -0.2) is 162 Å². The fourth-order valence-corrected chi connectivity index (χ4v) is 9.67. The van der Waals surface area contributed by atoms with E-state index in [4.69, 9.17) is 37.9 Å². The van der Waals surface area contributed by atoms with Gasteiger partial charge in [-0.25, -0.2) is 4.99 Å². The topological polar surface area (TPSA) is 183 Å². The highest BCUT2D eigenvalue weighted by molar-refractivity contribution is 5.76. The molecule has 0 unspecified atom stereocenters. The Morgan fingerprint density at radius 1 is 1.02 bits per heavy atom. The van der Waals surface area contributed by atoms with Gasteiger partial charge in [-0.2, -0.15) is 13.2 Å². The van der Waals surface area contributed by atoms with Crippen molar-refractivity contribution in [3.05, 3.63) is 0 Å². The highest BCUT2D eigenvalue weighted by Crippen LogP contribution is 2.51. The third kappa shape index (κ3) is 9.60. The standard InChI is InChI=1S/C40H68F3N3O12/c1-13-27-38(10,50)31(47)24(6)44-17-20(2)15-36(8,49)32(58-34-30-26(14-21(3)53-34)46(11)35(57-30)45-18-40(41,42)43)22(4)29(23(5)33(48)55-27)56-28-16-37(9,51-12)39(19-52-39)25(7)54-28/h20-32,34,44,47,49-50H,13-19H2,1-12H3/t20-,21-,22+,23-,24-,25+,26+,27-,28+,29+,30-,31-,32-,34+,36-,37-,38-,39+/m1/s1. The summed E-state index contributed by atoms with van der Waals surface area (Å²) < 4.78 is 90.0. The number of hydrogen-bond donors (Lipinski definition) is 4. The average molecular weight is 840 g/mol. The molecule has 336 valence electrons. The molecule has 58 heavy (non-hydrogen) atoms. The van der Waals surface area contributed by atoms with Crippen LogP contribution in [0.15, 0.2) is 4.99 Å². The predicted octanol–water partition coefficient (Wildman–Crippen LogP) is 3.29. The maximum atomic E-state index is 14.3. The smallest absolute Gasteiger partial charge is 0.408 e. The number of cyclic esters (lactones) is 1. The molecule has 18 heteroatoms. The molecule has 15 nitrogen and oxygen atoms in total. The lowest BCUT2D eigenvalue weighted by Gasteiger charge is -2.48. The van der Waals surface area contributed by atoms with Gasteiger partial charge in [-0.05, 0) is 80.2 Å². The van der Waals surface area contributed by atoms with Crippen molar-refractivity contribution in [2.45, 2.75) is 191 Å². The van der Waals surface area contributed by atoms with Crippen LogP contribution in [0.1, 0.15) is 94.9 Å². The van der Waals surface area contributed by atoms with E-state index < -0.39 is 120 Å². The molecule has 5 aliphatic heterocycles. The van der Waals surface area contributed by atoms with E-state index in [9.17, 15) is 33.3 Å². The van der Waals surface area contributed by atoms with Crippen LogP contribution in [-0.2, 0) is 42.7 Å². The predicted molar refractivity (Wildman–Crippen MR) is 204 cm³/mol. The third-order valence-electron chi connectivity index (χ3n) is 13.4. The number of aliphatic hydroxyl groups is 3. The number of halogens is 3. The summed E-state index contributed by atoms with van der Waals surface area (Å²) >= 11 is 0. The van der Waals surface area contributed by atoms with E-state index in [1.807, 2.05) is 27.7 Å². The normalized spacial score (nSPS) is 49.2. The van der Waals surface area contributed by atoms with Crippen LogP contribution in [0.2, 0.25) is 0 Å². The quantitative estimate of drug-likeness (QED) is 0.217. The Morgan fingerprint density at radius 2 is 1.67 bits per heavy atom. The van der Waals surface area contributed by atoms with Gasteiger partial charge >= 0.3 is 12.1 Å². The number of ether oxygens (including phenoxy) is 8. The SMILES string of the molecule is CC[C@H]1OC(=O)[C@H](C)[C@@H](O[C@H]2C[C@@](C)(OC)[C@]3(CO3)[C@H](C)O2)[C@H](C)[C@@H](O[C@@H]2O[C@H](C)C[C@H]3[C@H]2OC(=NCC(F)(F)F)N3C)[C@](C)(O)C[C@@H](C)CN[C@H](C)[C@@H](O)[C@]1(C)O. The molecule has 0 bridgehead atoms. The Kier molecular flexibility index (Phi) is 14.2. The van der Waals surface area contributed by atoms with Gasteiger partial charge in [0.15, 0.2) is 18.7 Å². The van der Waals surface area contributed by atoms with Gasteiger partial charge in [0.25, 0.3) is 6.02 Å². The number of hydrogen-bond acceptors (Lipinski definition) is 14. The van der Waals surface area contributed by atoms with Gasteiger partial charge in [0.2, 0.25) is 0 Å². The number of likely N-dealkylation sites (N-methyl/N-ethyl adjacent to an activating group) is 1. The monoisotopic (exact) mass is 839 g/mol. The molecular weight excluding hydrogens is 771 g/mol. The first-order valence-corrected chi connectivity index (χ1v) is 20.7. The highest BCUT2D eigenvalue weighted by Gasteiger charge is 2.67. The minimum atomic E-state index is -4.54. The molecule has 0 saturated carbocycles. The summed E-state index contributed by atoms with van der Waals surface area (Å²) in [6, 6.07) is -1.30. The number of carbonyl (C=O) groups excluding carboxylic acids is 1. The summed E-state index contributed by atoms with van der Waals surface area (Å²) in [5.74, 6) is -2.85. The Labute approximate surface area is 340 Å². The number of aliphatic hydroxyl groups excluding tert-OH is 1. The van der Waals surface area contributed by atoms with Crippen molar-refractivity contribution in [1.29, 1.82) is 0 Å². The van der Waals surface area contributed by atoms with Gasteiger partial charge in [0.1, 0.15) is 35.6 Å². The van der Waals surface area contributed by atoms with E-state index in [0.29, 0.717) is 19.6 Å². The average Bonchev–Trinajstić information content (AvgIpc) is 3.90. The van der Waals surface area contributed by atoms with E-state index in [2.05, 4.69) is 10.3 Å². The molecule has 5 saturated heterocycles. The zero-order chi connectivity index (χ0) is 43.3. The largest absolute Gasteiger partial charge is 0.459 e. The fraction of sp³-hybridized carbons (Fsp3) is 0.950. The molecular formula is C40H68F3N3O12. The number of amidine groups is 1. The van der Waals surface area contributed by atoms with Crippen molar-refractivity contribution in [2.24, 2.45) is 22.7 Å². The van der Waals surface area contributed by atoms with Crippen LogP contribution in [0, 0.1) is 17.8 Å². The van der Waals surface area contributed by atoms with Gasteiger partial charge in [-0.3, -0.25) is 4.79 Å². The number of nitrogens with one attached hydrogen (secondary N) is 1. The van der Waals surface area contributed by atoms with Crippen LogP contribution in [0.3, 0.4) is 0 Å².